The van der Waals surface area contributed by atoms with Gasteiger partial charge in [0.25, 0.3) is 0 Å². The molecule has 0 aliphatic carbocycles. The number of ether oxygens (including phenoxy) is 1. The minimum Gasteiger partial charge on any atom is -0.495 e. The Morgan fingerprint density at radius 3 is 2.75 bits per heavy atom. The Morgan fingerprint density at radius 2 is 2.20 bits per heavy atom. The molecule has 0 bridgehead atoms. The summed E-state index contributed by atoms with van der Waals surface area (Å²) in [6, 6.07) is 4.24. The van der Waals surface area contributed by atoms with Gasteiger partial charge in [-0.25, -0.2) is 8.42 Å². The van der Waals surface area contributed by atoms with E-state index in [2.05, 4.69) is 0 Å². The van der Waals surface area contributed by atoms with Crippen LogP contribution in [-0.4, -0.2) is 44.0 Å². The van der Waals surface area contributed by atoms with Crippen molar-refractivity contribution in [3.8, 4) is 5.75 Å². The monoisotopic (exact) mass is 319 g/mol. The van der Waals surface area contributed by atoms with E-state index >= 15 is 0 Å². The molecule has 1 unspecified atom stereocenters. The third kappa shape index (κ3) is 2.74. The fraction of sp³-hybridized carbons (Fsp3) is 0.417. The maximum Gasteiger partial charge on any atom is 0.307 e. The molecule has 1 saturated heterocycles. The average Bonchev–Trinajstić information content (AvgIpc) is 2.88. The van der Waals surface area contributed by atoms with Crippen LogP contribution >= 0.6 is 11.6 Å². The smallest absolute Gasteiger partial charge is 0.307 e. The Bertz CT molecular complexity index is 631. The van der Waals surface area contributed by atoms with E-state index in [1.807, 2.05) is 0 Å². The predicted octanol–water partition coefficient (Wildman–Crippen LogP) is 1.44. The van der Waals surface area contributed by atoms with Crippen molar-refractivity contribution in [1.82, 2.24) is 4.31 Å². The highest BCUT2D eigenvalue weighted by Crippen LogP contribution is 2.32. The number of carbonyl (C=O) groups is 1. The zero-order valence-electron chi connectivity index (χ0n) is 10.7. The van der Waals surface area contributed by atoms with Gasteiger partial charge < -0.3 is 9.84 Å². The van der Waals surface area contributed by atoms with Crippen LogP contribution in [0.1, 0.15) is 6.42 Å². The summed E-state index contributed by atoms with van der Waals surface area (Å²) in [6.45, 7) is 0.161. The molecule has 1 N–H and O–H groups in total. The highest BCUT2D eigenvalue weighted by atomic mass is 35.5. The molecule has 0 radical (unpaired) electrons. The third-order valence-corrected chi connectivity index (χ3v) is 5.38. The SMILES string of the molecule is COc1cc(Cl)ccc1S(=O)(=O)N1CCC(C(=O)O)C1. The Hall–Kier alpha value is -1.31. The standard InChI is InChI=1S/C12H14ClNO5S/c1-19-10-6-9(13)2-3-11(10)20(17,18)14-5-4-8(7-14)12(15)16/h2-3,6,8H,4-5,7H2,1H3,(H,15,16). The number of nitrogens with zero attached hydrogens (tertiary/aromatic N) is 1. The molecule has 20 heavy (non-hydrogen) atoms. The summed E-state index contributed by atoms with van der Waals surface area (Å²) in [6.07, 6.45) is 0.310. The Morgan fingerprint density at radius 1 is 1.50 bits per heavy atom. The molecular weight excluding hydrogens is 306 g/mol. The molecule has 2 rings (SSSR count). The van der Waals surface area contributed by atoms with Gasteiger partial charge in [0.2, 0.25) is 10.0 Å². The molecular formula is C12H14ClNO5S. The van der Waals surface area contributed by atoms with E-state index in [4.69, 9.17) is 21.4 Å². The van der Waals surface area contributed by atoms with Crippen molar-refractivity contribution >= 4 is 27.6 Å². The highest BCUT2D eigenvalue weighted by Gasteiger charge is 2.37. The summed E-state index contributed by atoms with van der Waals surface area (Å²) in [7, 11) is -2.42. The van der Waals surface area contributed by atoms with Gasteiger partial charge in [-0.15, -0.1) is 0 Å². The lowest BCUT2D eigenvalue weighted by atomic mass is 10.1. The van der Waals surface area contributed by atoms with Crippen LogP contribution in [0.4, 0.5) is 0 Å². The molecule has 1 atom stereocenters. The van der Waals surface area contributed by atoms with E-state index in [-0.39, 0.29) is 23.7 Å². The van der Waals surface area contributed by atoms with Crippen molar-refractivity contribution in [2.45, 2.75) is 11.3 Å². The molecule has 8 heteroatoms. The number of rotatable bonds is 4. The van der Waals surface area contributed by atoms with Crippen LogP contribution in [0.2, 0.25) is 5.02 Å². The first-order valence-corrected chi connectivity index (χ1v) is 7.74. The molecule has 1 aliphatic heterocycles. The zero-order valence-corrected chi connectivity index (χ0v) is 12.3. The second-order valence-electron chi connectivity index (χ2n) is 4.48. The van der Waals surface area contributed by atoms with Crippen molar-refractivity contribution in [1.29, 1.82) is 0 Å². The number of hydrogen-bond donors (Lipinski definition) is 1. The molecule has 0 saturated carbocycles. The second-order valence-corrected chi connectivity index (χ2v) is 6.82. The maximum atomic E-state index is 12.5. The zero-order chi connectivity index (χ0) is 14.9. The molecule has 0 amide bonds. The quantitative estimate of drug-likeness (QED) is 0.908. The van der Waals surface area contributed by atoms with Crippen LogP contribution in [0.25, 0.3) is 0 Å². The fourth-order valence-electron chi connectivity index (χ4n) is 2.14. The topological polar surface area (TPSA) is 83.9 Å². The van der Waals surface area contributed by atoms with Gasteiger partial charge in [-0.2, -0.15) is 4.31 Å². The van der Waals surface area contributed by atoms with Gasteiger partial charge in [-0.3, -0.25) is 4.79 Å². The Labute approximate surface area is 122 Å². The second kappa shape index (κ2) is 5.59. The number of hydrogen-bond acceptors (Lipinski definition) is 4. The van der Waals surface area contributed by atoms with E-state index in [1.165, 1.54) is 25.3 Å². The van der Waals surface area contributed by atoms with Crippen molar-refractivity contribution in [2.75, 3.05) is 20.2 Å². The first-order chi connectivity index (χ1) is 9.36. The van der Waals surface area contributed by atoms with Crippen molar-refractivity contribution in [3.63, 3.8) is 0 Å². The van der Waals surface area contributed by atoms with Crippen LogP contribution in [0, 0.1) is 5.92 Å². The predicted molar refractivity (Wildman–Crippen MR) is 72.5 cm³/mol. The van der Waals surface area contributed by atoms with Crippen LogP contribution in [-0.2, 0) is 14.8 Å². The third-order valence-electron chi connectivity index (χ3n) is 3.24. The molecule has 6 nitrogen and oxygen atoms in total. The van der Waals surface area contributed by atoms with Gasteiger partial charge in [0.15, 0.2) is 0 Å². The lowest BCUT2D eigenvalue weighted by Crippen LogP contribution is -2.30. The van der Waals surface area contributed by atoms with E-state index in [0.29, 0.717) is 11.4 Å². The van der Waals surface area contributed by atoms with Gasteiger partial charge in [0.1, 0.15) is 10.6 Å². The van der Waals surface area contributed by atoms with E-state index in [1.54, 1.807) is 0 Å². The van der Waals surface area contributed by atoms with Gasteiger partial charge in [-0.1, -0.05) is 11.6 Å². The summed E-state index contributed by atoms with van der Waals surface area (Å²) in [4.78, 5) is 10.9. The van der Waals surface area contributed by atoms with Gasteiger partial charge in [0, 0.05) is 24.2 Å². The lowest BCUT2D eigenvalue weighted by Gasteiger charge is -2.18. The lowest BCUT2D eigenvalue weighted by molar-refractivity contribution is -0.141. The van der Waals surface area contributed by atoms with Gasteiger partial charge >= 0.3 is 5.97 Å². The highest BCUT2D eigenvalue weighted by molar-refractivity contribution is 7.89. The minimum atomic E-state index is -3.78. The number of aliphatic carboxylic acids is 1. The molecule has 1 aromatic carbocycles. The summed E-state index contributed by atoms with van der Waals surface area (Å²) in [5.74, 6) is -1.50. The van der Waals surface area contributed by atoms with E-state index in [0.717, 1.165) is 4.31 Å². The number of sulfonamides is 1. The number of carboxylic acid groups (broad SMARTS) is 1. The molecule has 1 fully saturated rings. The number of benzene rings is 1. The molecule has 0 aromatic heterocycles. The number of methoxy groups -OCH3 is 1. The summed E-state index contributed by atoms with van der Waals surface area (Å²) in [5, 5.41) is 9.31. The fourth-order valence-corrected chi connectivity index (χ4v) is 3.94. The first kappa shape index (κ1) is 15.1. The molecule has 1 aliphatic rings. The largest absolute Gasteiger partial charge is 0.495 e. The van der Waals surface area contributed by atoms with Crippen LogP contribution < -0.4 is 4.74 Å². The van der Waals surface area contributed by atoms with Gasteiger partial charge in [0.05, 0.1) is 13.0 Å². The molecule has 1 aromatic rings. The summed E-state index contributed by atoms with van der Waals surface area (Å²) < 4.78 is 31.2. The Balaban J connectivity index is 2.34. The van der Waals surface area contributed by atoms with Crippen LogP contribution in [0.3, 0.4) is 0 Å². The van der Waals surface area contributed by atoms with Crippen molar-refractivity contribution in [3.05, 3.63) is 23.2 Å². The van der Waals surface area contributed by atoms with E-state index in [9.17, 15) is 13.2 Å². The summed E-state index contributed by atoms with van der Waals surface area (Å²) in [5.41, 5.74) is 0. The van der Waals surface area contributed by atoms with Crippen molar-refractivity contribution in [2.24, 2.45) is 5.92 Å². The first-order valence-electron chi connectivity index (χ1n) is 5.92. The molecule has 1 heterocycles. The van der Waals surface area contributed by atoms with Crippen LogP contribution in [0.5, 0.6) is 5.75 Å². The van der Waals surface area contributed by atoms with Gasteiger partial charge in [-0.05, 0) is 18.6 Å². The molecule has 110 valence electrons. The van der Waals surface area contributed by atoms with Crippen LogP contribution in [0.15, 0.2) is 23.1 Å². The normalized spacial score (nSPS) is 20.0. The van der Waals surface area contributed by atoms with Crippen molar-refractivity contribution < 1.29 is 23.1 Å². The maximum absolute atomic E-state index is 12.5. The average molecular weight is 320 g/mol. The number of halogens is 1. The Kier molecular flexibility index (Phi) is 4.22. The number of carboxylic acids is 1. The summed E-state index contributed by atoms with van der Waals surface area (Å²) >= 11 is 5.80. The minimum absolute atomic E-state index is 0.00422. The molecule has 0 spiro atoms. The van der Waals surface area contributed by atoms with E-state index < -0.39 is 21.9 Å².